The number of hydrogen-bond donors (Lipinski definition) is 1. The maximum Gasteiger partial charge on any atom is 0.231 e. The van der Waals surface area contributed by atoms with Crippen LogP contribution in [0.2, 0.25) is 0 Å². The highest BCUT2D eigenvalue weighted by Crippen LogP contribution is 2.24. The van der Waals surface area contributed by atoms with Gasteiger partial charge in [0.05, 0.1) is 18.2 Å². The van der Waals surface area contributed by atoms with Crippen molar-refractivity contribution in [1.29, 1.82) is 0 Å². The predicted molar refractivity (Wildman–Crippen MR) is 147 cm³/mol. The van der Waals surface area contributed by atoms with E-state index in [-0.39, 0.29) is 24.2 Å². The molecule has 1 N–H and O–H groups in total. The van der Waals surface area contributed by atoms with Gasteiger partial charge < -0.3 is 15.0 Å². The number of hydrogen-bond acceptors (Lipinski definition) is 8. The summed E-state index contributed by atoms with van der Waals surface area (Å²) in [5, 5.41) is 24.6. The highest BCUT2D eigenvalue weighted by atomic mass is 19.1. The molecule has 11 heteroatoms. The molecule has 1 aliphatic heterocycles. The lowest BCUT2D eigenvalue weighted by Crippen LogP contribution is -2.44. The number of aromatic nitrogens is 6. The van der Waals surface area contributed by atoms with Crippen LogP contribution in [0, 0.1) is 11.7 Å². The first-order valence-electron chi connectivity index (χ1n) is 13.2. The first-order valence-corrected chi connectivity index (χ1v) is 13.2. The van der Waals surface area contributed by atoms with Crippen molar-refractivity contribution in [2.24, 2.45) is 5.92 Å². The number of anilines is 1. The molecule has 0 saturated carbocycles. The highest BCUT2D eigenvalue weighted by molar-refractivity contribution is 5.79. The lowest BCUT2D eigenvalue weighted by molar-refractivity contribution is -0.125. The van der Waals surface area contributed by atoms with Crippen molar-refractivity contribution < 1.29 is 13.9 Å². The van der Waals surface area contributed by atoms with Crippen LogP contribution < -0.4 is 15.0 Å². The quantitative estimate of drug-likeness (QED) is 0.297. The largest absolute Gasteiger partial charge is 0.475 e. The van der Waals surface area contributed by atoms with E-state index in [1.54, 1.807) is 28.8 Å². The molecule has 3 aromatic heterocycles. The molecule has 1 unspecified atom stereocenters. The van der Waals surface area contributed by atoms with E-state index in [0.29, 0.717) is 36.1 Å². The molecule has 10 nitrogen and oxygen atoms in total. The van der Waals surface area contributed by atoms with Gasteiger partial charge in [-0.25, -0.2) is 4.39 Å². The van der Waals surface area contributed by atoms with Gasteiger partial charge in [-0.3, -0.25) is 4.79 Å². The van der Waals surface area contributed by atoms with Crippen molar-refractivity contribution in [3.63, 3.8) is 0 Å². The van der Waals surface area contributed by atoms with Crippen LogP contribution in [0.3, 0.4) is 0 Å². The van der Waals surface area contributed by atoms with Crippen LogP contribution in [0.25, 0.3) is 28.3 Å². The van der Waals surface area contributed by atoms with Crippen LogP contribution in [-0.2, 0) is 4.79 Å². The number of piperidine rings is 1. The van der Waals surface area contributed by atoms with Crippen molar-refractivity contribution in [1.82, 2.24) is 35.3 Å². The van der Waals surface area contributed by atoms with Gasteiger partial charge in [0.25, 0.3) is 0 Å². The molecule has 1 atom stereocenters. The van der Waals surface area contributed by atoms with E-state index in [0.717, 1.165) is 36.3 Å². The maximum atomic E-state index is 13.2. The zero-order valence-electron chi connectivity index (χ0n) is 21.7. The molecule has 4 heterocycles. The molecule has 0 bridgehead atoms. The molecule has 1 aliphatic rings. The van der Waals surface area contributed by atoms with Gasteiger partial charge >= 0.3 is 0 Å². The normalized spacial score (nSPS) is 15.2. The summed E-state index contributed by atoms with van der Waals surface area (Å²) in [5.41, 5.74) is 3.00. The molecule has 5 aromatic rings. The molecule has 0 aliphatic carbocycles. The molecular weight excluding hydrogens is 511 g/mol. The van der Waals surface area contributed by atoms with Gasteiger partial charge in [-0.2, -0.15) is 4.52 Å². The molecule has 1 amide bonds. The van der Waals surface area contributed by atoms with Crippen LogP contribution in [0.15, 0.2) is 78.9 Å². The number of carbonyl (C=O) groups is 1. The summed E-state index contributed by atoms with van der Waals surface area (Å²) in [6.07, 6.45) is 1.68. The van der Waals surface area contributed by atoms with E-state index in [1.807, 2.05) is 42.5 Å². The first kappa shape index (κ1) is 25.4. The summed E-state index contributed by atoms with van der Waals surface area (Å²) >= 11 is 0. The summed E-state index contributed by atoms with van der Waals surface area (Å²) in [5.74, 6) is 1.30. The molecule has 0 spiro atoms. The summed E-state index contributed by atoms with van der Waals surface area (Å²) in [7, 11) is 0. The van der Waals surface area contributed by atoms with E-state index in [1.165, 1.54) is 12.1 Å². The van der Waals surface area contributed by atoms with Gasteiger partial charge in [0.1, 0.15) is 12.4 Å². The van der Waals surface area contributed by atoms with Gasteiger partial charge in [0.15, 0.2) is 17.3 Å². The number of fused-ring (bicyclic) bond motifs is 1. The zero-order valence-corrected chi connectivity index (χ0v) is 21.7. The van der Waals surface area contributed by atoms with Crippen LogP contribution in [0.4, 0.5) is 10.2 Å². The minimum atomic E-state index is -0.292. The monoisotopic (exact) mass is 538 g/mol. The standard InChI is InChI=1S/C29H27FN8O2/c30-23-10-8-20(9-11-23)24-12-13-25(33-32-24)37-17-4-7-22(19-37)29(39)31-16-18-40-27-15-14-26-34-35-28(38(26)36-27)21-5-2-1-3-6-21/h1-3,5-6,8-15,22H,4,7,16-19H2,(H,31,39). The second kappa shape index (κ2) is 11.4. The fourth-order valence-electron chi connectivity index (χ4n) is 4.76. The molecule has 0 radical (unpaired) electrons. The van der Waals surface area contributed by atoms with Gasteiger partial charge in [-0.15, -0.1) is 25.5 Å². The Kier molecular flexibility index (Phi) is 7.25. The van der Waals surface area contributed by atoms with Gasteiger partial charge in [0.2, 0.25) is 11.8 Å². The van der Waals surface area contributed by atoms with Crippen LogP contribution >= 0.6 is 0 Å². The van der Waals surface area contributed by atoms with E-state index < -0.39 is 0 Å². The fraction of sp³-hybridized carbons (Fsp3) is 0.241. The molecule has 1 fully saturated rings. The van der Waals surface area contributed by atoms with Crippen molar-refractivity contribution in [2.45, 2.75) is 12.8 Å². The number of ether oxygens (including phenoxy) is 1. The Hall–Kier alpha value is -4.93. The second-order valence-corrected chi connectivity index (χ2v) is 9.54. The number of carbonyl (C=O) groups excluding carboxylic acids is 1. The maximum absolute atomic E-state index is 13.2. The molecule has 40 heavy (non-hydrogen) atoms. The van der Waals surface area contributed by atoms with Crippen LogP contribution in [-0.4, -0.2) is 62.2 Å². The van der Waals surface area contributed by atoms with Gasteiger partial charge in [0, 0.05) is 30.3 Å². The number of benzene rings is 2. The Morgan fingerprint density at radius 1 is 0.925 bits per heavy atom. The Labute approximate surface area is 229 Å². The van der Waals surface area contributed by atoms with E-state index in [4.69, 9.17) is 4.74 Å². The van der Waals surface area contributed by atoms with E-state index in [9.17, 15) is 9.18 Å². The van der Waals surface area contributed by atoms with Crippen LogP contribution in [0.5, 0.6) is 5.88 Å². The van der Waals surface area contributed by atoms with E-state index in [2.05, 4.69) is 35.7 Å². The number of rotatable bonds is 8. The SMILES string of the molecule is O=C(NCCOc1ccc2nnc(-c3ccccc3)n2n1)C1CCCN(c2ccc(-c3ccc(F)cc3)nn2)C1. The van der Waals surface area contributed by atoms with Crippen molar-refractivity contribution in [2.75, 3.05) is 31.1 Å². The number of amides is 1. The summed E-state index contributed by atoms with van der Waals surface area (Å²) in [4.78, 5) is 15.0. The second-order valence-electron chi connectivity index (χ2n) is 9.54. The lowest BCUT2D eigenvalue weighted by Gasteiger charge is -2.32. The molecular formula is C29H27FN8O2. The van der Waals surface area contributed by atoms with Crippen molar-refractivity contribution in [3.8, 4) is 28.5 Å². The zero-order chi connectivity index (χ0) is 27.3. The summed E-state index contributed by atoms with van der Waals surface area (Å²) < 4.78 is 20.7. The molecule has 2 aromatic carbocycles. The smallest absolute Gasteiger partial charge is 0.231 e. The third-order valence-corrected chi connectivity index (χ3v) is 6.83. The average molecular weight is 539 g/mol. The fourth-order valence-corrected chi connectivity index (χ4v) is 4.76. The van der Waals surface area contributed by atoms with Gasteiger partial charge in [-0.05, 0) is 55.3 Å². The topological polar surface area (TPSA) is 110 Å². The minimum absolute atomic E-state index is 0.0159. The lowest BCUT2D eigenvalue weighted by atomic mass is 9.97. The molecule has 1 saturated heterocycles. The van der Waals surface area contributed by atoms with Crippen molar-refractivity contribution in [3.05, 3.63) is 84.7 Å². The summed E-state index contributed by atoms with van der Waals surface area (Å²) in [6.45, 7) is 2.00. The summed E-state index contributed by atoms with van der Waals surface area (Å²) in [6, 6.07) is 23.2. The predicted octanol–water partition coefficient (Wildman–Crippen LogP) is 3.80. The van der Waals surface area contributed by atoms with E-state index >= 15 is 0 Å². The number of nitrogens with zero attached hydrogens (tertiary/aromatic N) is 7. The van der Waals surface area contributed by atoms with Crippen molar-refractivity contribution >= 4 is 17.4 Å². The third-order valence-electron chi connectivity index (χ3n) is 6.83. The average Bonchev–Trinajstić information content (AvgIpc) is 3.44. The Balaban J connectivity index is 1.01. The number of nitrogens with one attached hydrogen (secondary N) is 1. The Bertz CT molecular complexity index is 1590. The highest BCUT2D eigenvalue weighted by Gasteiger charge is 2.26. The third kappa shape index (κ3) is 5.58. The Morgan fingerprint density at radius 3 is 2.58 bits per heavy atom. The number of halogens is 1. The molecule has 202 valence electrons. The first-order chi connectivity index (χ1) is 19.6. The van der Waals surface area contributed by atoms with Gasteiger partial charge in [-0.1, -0.05) is 30.3 Å². The minimum Gasteiger partial charge on any atom is -0.475 e. The molecule has 6 rings (SSSR count). The van der Waals surface area contributed by atoms with Crippen LogP contribution in [0.1, 0.15) is 12.8 Å². The Morgan fingerprint density at radius 2 is 1.77 bits per heavy atom.